The molecule has 8 atom stereocenters. The summed E-state index contributed by atoms with van der Waals surface area (Å²) in [6, 6.07) is 3.05. The second-order valence-corrected chi connectivity index (χ2v) is 16.8. The van der Waals surface area contributed by atoms with Crippen molar-refractivity contribution in [2.24, 2.45) is 23.2 Å². The topological polar surface area (TPSA) is 80.4 Å². The quantitative estimate of drug-likeness (QED) is 0.354. The molecular weight excluding hydrogens is 540 g/mol. The molecule has 6 rings (SSSR count). The molecule has 236 valence electrons. The molecule has 0 amide bonds. The second kappa shape index (κ2) is 13.2. The summed E-state index contributed by atoms with van der Waals surface area (Å²) in [6.45, 7) is 16.7. The van der Waals surface area contributed by atoms with Crippen LogP contribution < -0.4 is 25.6 Å². The van der Waals surface area contributed by atoms with Gasteiger partial charge in [-0.1, -0.05) is 32.7 Å². The Morgan fingerprint density at radius 3 is 2.43 bits per heavy atom. The summed E-state index contributed by atoms with van der Waals surface area (Å²) >= 11 is 1.96. The minimum Gasteiger partial charge on any atom is -0.341 e. The highest BCUT2D eigenvalue weighted by Gasteiger charge is 2.47. The number of fused-ring (bicyclic) bond motifs is 6. The largest absolute Gasteiger partial charge is 0.341 e. The van der Waals surface area contributed by atoms with Gasteiger partial charge in [0.15, 0.2) is 0 Å². The van der Waals surface area contributed by atoms with E-state index in [4.69, 9.17) is 0 Å². The van der Waals surface area contributed by atoms with Crippen molar-refractivity contribution < 1.29 is 0 Å². The van der Waals surface area contributed by atoms with Crippen LogP contribution in [-0.2, 0) is 0 Å². The molecule has 0 aliphatic carbocycles. The Balaban J connectivity index is 1.18. The third-order valence-electron chi connectivity index (χ3n) is 11.2. The van der Waals surface area contributed by atoms with Crippen molar-refractivity contribution in [3.63, 3.8) is 0 Å². The zero-order chi connectivity index (χ0) is 29.3. The Bertz CT molecular complexity index is 994. The summed E-state index contributed by atoms with van der Waals surface area (Å²) in [5.74, 6) is 3.00. The van der Waals surface area contributed by atoms with Crippen LogP contribution in [0.5, 0.6) is 0 Å². The van der Waals surface area contributed by atoms with E-state index in [0.29, 0.717) is 41.6 Å². The SMILES string of the molecule is CC(C)(C)C1CCC2CNSC3CCCC(N3)NC(C3CCN(c4ncccn4)CC3)CC[C@@H]3CN(C2N1)C(C)(C)C3. The first-order valence-electron chi connectivity index (χ1n) is 17.1. The van der Waals surface area contributed by atoms with Crippen LogP contribution >= 0.6 is 11.9 Å². The van der Waals surface area contributed by atoms with Gasteiger partial charge in [0.1, 0.15) is 0 Å². The van der Waals surface area contributed by atoms with Gasteiger partial charge in [0.25, 0.3) is 0 Å². The predicted molar refractivity (Wildman–Crippen MR) is 175 cm³/mol. The molecule has 8 nitrogen and oxygen atoms in total. The van der Waals surface area contributed by atoms with Crippen LogP contribution in [-0.4, -0.2) is 76.4 Å². The van der Waals surface area contributed by atoms with Crippen LogP contribution in [0.1, 0.15) is 98.8 Å². The standard InChI is InChI=1S/C33H58N8S/c1-32(2,3)27-13-11-25-21-36-42-29-9-6-8-28(39-29)37-26(12-10-23-20-33(4,5)41(22-23)30(25)38-27)24-14-18-40(19-15-24)31-34-16-7-17-35-31/h7,16-17,23-30,36-39H,6,8-15,18-22H2,1-5H3/t23-,25?,26?,27?,28?,29?,30?/m0/s1. The predicted octanol–water partition coefficient (Wildman–Crippen LogP) is 4.95. The molecule has 4 bridgehead atoms. The van der Waals surface area contributed by atoms with Gasteiger partial charge in [-0.2, -0.15) is 0 Å². The van der Waals surface area contributed by atoms with Crippen molar-refractivity contribution in [3.05, 3.63) is 18.5 Å². The molecule has 5 fully saturated rings. The zero-order valence-corrected chi connectivity index (χ0v) is 27.8. The summed E-state index contributed by atoms with van der Waals surface area (Å²) in [5.41, 5.74) is 0.516. The zero-order valence-electron chi connectivity index (χ0n) is 26.9. The first kappa shape index (κ1) is 31.0. The Kier molecular flexibility index (Phi) is 9.73. The van der Waals surface area contributed by atoms with Crippen LogP contribution in [0, 0.1) is 23.2 Å². The van der Waals surface area contributed by atoms with E-state index in [0.717, 1.165) is 31.5 Å². The van der Waals surface area contributed by atoms with Gasteiger partial charge in [0.05, 0.1) is 17.7 Å². The first-order chi connectivity index (χ1) is 20.2. The van der Waals surface area contributed by atoms with Crippen LogP contribution in [0.15, 0.2) is 18.5 Å². The van der Waals surface area contributed by atoms with E-state index < -0.39 is 0 Å². The van der Waals surface area contributed by atoms with E-state index in [1.54, 1.807) is 0 Å². The second-order valence-electron chi connectivity index (χ2n) is 15.7. The monoisotopic (exact) mass is 598 g/mol. The smallest absolute Gasteiger partial charge is 0.225 e. The molecule has 6 heterocycles. The molecule has 9 heteroatoms. The Hall–Kier alpha value is -0.970. The molecule has 7 unspecified atom stereocenters. The average molecular weight is 599 g/mol. The van der Waals surface area contributed by atoms with Crippen molar-refractivity contribution in [2.45, 2.75) is 134 Å². The number of rotatable bonds is 2. The third-order valence-corrected chi connectivity index (χ3v) is 12.2. The van der Waals surface area contributed by atoms with Gasteiger partial charge >= 0.3 is 0 Å². The fourth-order valence-corrected chi connectivity index (χ4v) is 9.79. The van der Waals surface area contributed by atoms with E-state index in [9.17, 15) is 0 Å². The number of hydrogen-bond donors (Lipinski definition) is 4. The third kappa shape index (κ3) is 7.28. The van der Waals surface area contributed by atoms with Crippen LogP contribution in [0.3, 0.4) is 0 Å². The lowest BCUT2D eigenvalue weighted by Crippen LogP contribution is -2.63. The molecule has 1 aromatic rings. The Labute approximate surface area is 259 Å². The van der Waals surface area contributed by atoms with Crippen molar-refractivity contribution >= 4 is 17.9 Å². The number of hydrogen-bond acceptors (Lipinski definition) is 9. The van der Waals surface area contributed by atoms with Gasteiger partial charge in [0, 0.05) is 62.1 Å². The lowest BCUT2D eigenvalue weighted by molar-refractivity contribution is 0.00550. The van der Waals surface area contributed by atoms with E-state index in [-0.39, 0.29) is 11.0 Å². The van der Waals surface area contributed by atoms with Crippen molar-refractivity contribution in [2.75, 3.05) is 31.1 Å². The number of nitrogens with one attached hydrogen (secondary N) is 4. The number of anilines is 1. The van der Waals surface area contributed by atoms with E-state index in [2.05, 4.69) is 75.1 Å². The molecule has 1 aromatic heterocycles. The maximum absolute atomic E-state index is 4.53. The molecule has 0 radical (unpaired) electrons. The molecule has 42 heavy (non-hydrogen) atoms. The number of nitrogens with zero attached hydrogens (tertiary/aromatic N) is 4. The van der Waals surface area contributed by atoms with Gasteiger partial charge in [-0.05, 0) is 101 Å². The molecule has 4 N–H and O–H groups in total. The van der Waals surface area contributed by atoms with Crippen LogP contribution in [0.4, 0.5) is 5.95 Å². The summed E-state index contributed by atoms with van der Waals surface area (Å²) in [6.07, 6.45) is 17.3. The molecular formula is C33H58N8S. The molecule has 5 saturated heterocycles. The van der Waals surface area contributed by atoms with Gasteiger partial charge in [0.2, 0.25) is 5.95 Å². The highest BCUT2D eigenvalue weighted by atomic mass is 32.2. The van der Waals surface area contributed by atoms with Crippen LogP contribution in [0.2, 0.25) is 0 Å². The summed E-state index contributed by atoms with van der Waals surface area (Å²) in [7, 11) is 0. The summed E-state index contributed by atoms with van der Waals surface area (Å²) < 4.78 is 3.89. The van der Waals surface area contributed by atoms with Gasteiger partial charge in [-0.25, -0.2) is 9.97 Å². The van der Waals surface area contributed by atoms with E-state index in [1.165, 1.54) is 70.8 Å². The number of aromatic nitrogens is 2. The normalized spacial score (nSPS) is 38.7. The summed E-state index contributed by atoms with van der Waals surface area (Å²) in [5, 5.41) is 12.9. The maximum atomic E-state index is 4.53. The fraction of sp³-hybridized carbons (Fsp3) is 0.879. The summed E-state index contributed by atoms with van der Waals surface area (Å²) in [4.78, 5) is 14.3. The maximum Gasteiger partial charge on any atom is 0.225 e. The molecule has 5 aliphatic heterocycles. The van der Waals surface area contributed by atoms with Crippen molar-refractivity contribution in [1.82, 2.24) is 35.5 Å². The molecule has 0 saturated carbocycles. The Morgan fingerprint density at radius 1 is 0.881 bits per heavy atom. The lowest BCUT2D eigenvalue weighted by Gasteiger charge is -2.50. The molecule has 0 aromatic carbocycles. The lowest BCUT2D eigenvalue weighted by atomic mass is 9.78. The fourth-order valence-electron chi connectivity index (χ4n) is 8.77. The molecule has 5 aliphatic rings. The van der Waals surface area contributed by atoms with Gasteiger partial charge in [-0.15, -0.1) is 0 Å². The van der Waals surface area contributed by atoms with Crippen molar-refractivity contribution in [3.8, 4) is 0 Å². The average Bonchev–Trinajstić information content (AvgIpc) is 3.28. The molecule has 0 spiro atoms. The highest BCUT2D eigenvalue weighted by Crippen LogP contribution is 2.42. The highest BCUT2D eigenvalue weighted by molar-refractivity contribution is 7.98. The van der Waals surface area contributed by atoms with Crippen LogP contribution in [0.25, 0.3) is 0 Å². The number of piperidine rings is 3. The Morgan fingerprint density at radius 2 is 1.67 bits per heavy atom. The first-order valence-corrected chi connectivity index (χ1v) is 18.0. The van der Waals surface area contributed by atoms with Gasteiger partial charge in [-0.3, -0.25) is 25.6 Å². The van der Waals surface area contributed by atoms with E-state index in [1.807, 2.05) is 30.4 Å². The minimum atomic E-state index is 0.229. The minimum absolute atomic E-state index is 0.229. The van der Waals surface area contributed by atoms with Gasteiger partial charge < -0.3 is 4.90 Å². The van der Waals surface area contributed by atoms with Crippen molar-refractivity contribution in [1.29, 1.82) is 0 Å². The van der Waals surface area contributed by atoms with E-state index >= 15 is 0 Å².